The van der Waals surface area contributed by atoms with Gasteiger partial charge in [0, 0.05) is 29.6 Å². The monoisotopic (exact) mass is 667 g/mol. The van der Waals surface area contributed by atoms with Crippen molar-refractivity contribution in [3.63, 3.8) is 0 Å². The highest BCUT2D eigenvalue weighted by atomic mass is 35.5. The third-order valence-corrected chi connectivity index (χ3v) is 9.43. The summed E-state index contributed by atoms with van der Waals surface area (Å²) in [6.45, 7) is 3.54. The number of sulfonamides is 1. The van der Waals surface area contributed by atoms with Crippen LogP contribution in [0.5, 0.6) is 5.75 Å². The molecule has 0 bridgehead atoms. The highest BCUT2D eigenvalue weighted by Crippen LogP contribution is 2.33. The predicted octanol–water partition coefficient (Wildman–Crippen LogP) is 6.36. The predicted molar refractivity (Wildman–Crippen MR) is 178 cm³/mol. The van der Waals surface area contributed by atoms with Crippen molar-refractivity contribution in [2.45, 2.75) is 37.8 Å². The van der Waals surface area contributed by atoms with E-state index in [1.807, 2.05) is 30.3 Å². The summed E-state index contributed by atoms with van der Waals surface area (Å²) in [4.78, 5) is 29.5. The molecule has 0 saturated carbocycles. The van der Waals surface area contributed by atoms with E-state index in [2.05, 4.69) is 5.32 Å². The molecule has 45 heavy (non-hydrogen) atoms. The number of carbonyl (C=O) groups excluding carboxylic acids is 2. The molecule has 2 amide bonds. The Labute approximate surface area is 274 Å². The summed E-state index contributed by atoms with van der Waals surface area (Å²) in [7, 11) is -4.32. The van der Waals surface area contributed by atoms with Gasteiger partial charge in [0.2, 0.25) is 11.8 Å². The maximum atomic E-state index is 14.5. The van der Waals surface area contributed by atoms with Gasteiger partial charge in [-0.25, -0.2) is 8.42 Å². The van der Waals surface area contributed by atoms with Crippen LogP contribution in [0.2, 0.25) is 10.0 Å². The number of carbonyl (C=O) groups is 2. The first-order chi connectivity index (χ1) is 21.6. The van der Waals surface area contributed by atoms with Crippen LogP contribution in [-0.2, 0) is 32.6 Å². The summed E-state index contributed by atoms with van der Waals surface area (Å²) in [6, 6.07) is 27.7. The minimum Gasteiger partial charge on any atom is -0.492 e. The molecule has 0 spiro atoms. The van der Waals surface area contributed by atoms with E-state index in [-0.39, 0.29) is 41.8 Å². The van der Waals surface area contributed by atoms with Crippen LogP contribution in [0.15, 0.2) is 108 Å². The molecule has 4 aromatic rings. The number of para-hydroxylation sites is 2. The van der Waals surface area contributed by atoms with Gasteiger partial charge in [0.25, 0.3) is 10.0 Å². The van der Waals surface area contributed by atoms with Gasteiger partial charge in [-0.05, 0) is 67.4 Å². The number of nitrogens with zero attached hydrogens (tertiary/aromatic N) is 2. The molecule has 0 heterocycles. The van der Waals surface area contributed by atoms with Crippen molar-refractivity contribution in [2.24, 2.45) is 0 Å². The molecule has 4 aromatic carbocycles. The maximum Gasteiger partial charge on any atom is 0.264 e. The Morgan fingerprint density at radius 1 is 0.844 bits per heavy atom. The molecule has 0 radical (unpaired) electrons. The molecule has 0 aliphatic carbocycles. The zero-order chi connectivity index (χ0) is 32.4. The van der Waals surface area contributed by atoms with Crippen LogP contribution < -0.4 is 14.4 Å². The summed E-state index contributed by atoms with van der Waals surface area (Å²) in [5.41, 5.74) is 1.62. The van der Waals surface area contributed by atoms with E-state index >= 15 is 0 Å². The summed E-state index contributed by atoms with van der Waals surface area (Å²) < 4.78 is 35.2. The second kappa shape index (κ2) is 15.8. The lowest BCUT2D eigenvalue weighted by molar-refractivity contribution is -0.140. The molecule has 4 rings (SSSR count). The third kappa shape index (κ3) is 8.57. The second-order valence-corrected chi connectivity index (χ2v) is 12.8. The van der Waals surface area contributed by atoms with Crippen LogP contribution in [0.3, 0.4) is 0 Å². The van der Waals surface area contributed by atoms with Crippen molar-refractivity contribution in [3.8, 4) is 5.75 Å². The van der Waals surface area contributed by atoms with Gasteiger partial charge in [0.15, 0.2) is 0 Å². The lowest BCUT2D eigenvalue weighted by Gasteiger charge is -2.34. The number of benzene rings is 4. The summed E-state index contributed by atoms with van der Waals surface area (Å²) in [5.74, 6) is -0.693. The molecule has 0 fully saturated rings. The number of amides is 2. The van der Waals surface area contributed by atoms with Crippen LogP contribution in [0.4, 0.5) is 5.69 Å². The van der Waals surface area contributed by atoms with E-state index < -0.39 is 28.5 Å². The highest BCUT2D eigenvalue weighted by Gasteiger charge is 2.35. The van der Waals surface area contributed by atoms with Crippen molar-refractivity contribution in [3.05, 3.63) is 124 Å². The first-order valence-electron chi connectivity index (χ1n) is 14.5. The Balaban J connectivity index is 1.84. The van der Waals surface area contributed by atoms with Gasteiger partial charge in [-0.1, -0.05) is 83.9 Å². The van der Waals surface area contributed by atoms with E-state index in [0.717, 1.165) is 9.87 Å². The summed E-state index contributed by atoms with van der Waals surface area (Å²) >= 11 is 12.6. The Hall–Kier alpha value is -4.05. The number of halogens is 2. The van der Waals surface area contributed by atoms with Crippen molar-refractivity contribution in [1.82, 2.24) is 10.2 Å². The molecule has 0 aliphatic rings. The van der Waals surface area contributed by atoms with Crippen LogP contribution in [0.1, 0.15) is 25.0 Å². The zero-order valence-corrected chi connectivity index (χ0v) is 27.4. The molecule has 0 aliphatic heterocycles. The summed E-state index contributed by atoms with van der Waals surface area (Å²) in [6.07, 6.45) is 0.197. The normalized spacial score (nSPS) is 11.8. The average molecular weight is 669 g/mol. The third-order valence-electron chi connectivity index (χ3n) is 7.03. The largest absolute Gasteiger partial charge is 0.492 e. The molecular formula is C34H35Cl2N3O5S. The number of nitrogens with one attached hydrogen (secondary N) is 1. The van der Waals surface area contributed by atoms with Crippen molar-refractivity contribution in [2.75, 3.05) is 24.0 Å². The molecule has 11 heteroatoms. The Morgan fingerprint density at radius 2 is 1.49 bits per heavy atom. The molecule has 8 nitrogen and oxygen atoms in total. The van der Waals surface area contributed by atoms with Crippen LogP contribution in [0.25, 0.3) is 0 Å². The topological polar surface area (TPSA) is 96.0 Å². The van der Waals surface area contributed by atoms with Gasteiger partial charge in [0.05, 0.1) is 17.2 Å². The van der Waals surface area contributed by atoms with Crippen LogP contribution in [-0.4, -0.2) is 50.9 Å². The summed E-state index contributed by atoms with van der Waals surface area (Å²) in [5, 5.41) is 3.62. The molecule has 236 valence electrons. The minimum absolute atomic E-state index is 0.0327. The average Bonchev–Trinajstić information content (AvgIpc) is 3.03. The van der Waals surface area contributed by atoms with Crippen molar-refractivity contribution in [1.29, 1.82) is 0 Å². The van der Waals surface area contributed by atoms with Gasteiger partial charge in [-0.2, -0.15) is 0 Å². The van der Waals surface area contributed by atoms with E-state index in [9.17, 15) is 18.0 Å². The maximum absolute atomic E-state index is 14.5. The lowest BCUT2D eigenvalue weighted by Crippen LogP contribution is -2.53. The first-order valence-corrected chi connectivity index (χ1v) is 16.7. The quantitative estimate of drug-likeness (QED) is 0.169. The minimum atomic E-state index is -4.32. The van der Waals surface area contributed by atoms with E-state index in [4.69, 9.17) is 27.9 Å². The van der Waals surface area contributed by atoms with Gasteiger partial charge < -0.3 is 15.0 Å². The number of hydrogen-bond acceptors (Lipinski definition) is 5. The first kappa shape index (κ1) is 33.8. The van der Waals surface area contributed by atoms with Crippen LogP contribution >= 0.6 is 23.2 Å². The van der Waals surface area contributed by atoms with Gasteiger partial charge in [0.1, 0.15) is 18.3 Å². The standard InChI is InChI=1S/C34H35Cl2N3O5S/c1-3-37-34(41)31(22-25-12-6-5-7-13-25)38(23-26-14-8-9-15-29(26)36)33(40)24-39(30-16-10-11-17-32(30)44-4-2)45(42,43)28-20-18-27(35)19-21-28/h5-21,31H,3-4,22-24H2,1-2H3,(H,37,41)/t31-/m1/s1. The molecule has 1 N–H and O–H groups in total. The molecule has 1 atom stereocenters. The van der Waals surface area contributed by atoms with Gasteiger partial charge >= 0.3 is 0 Å². The van der Waals surface area contributed by atoms with Gasteiger partial charge in [-0.15, -0.1) is 0 Å². The molecule has 0 saturated heterocycles. The Kier molecular flexibility index (Phi) is 11.9. The number of likely N-dealkylation sites (N-methyl/N-ethyl adjacent to an activating group) is 1. The fourth-order valence-electron chi connectivity index (χ4n) is 4.84. The Morgan fingerprint density at radius 3 is 2.16 bits per heavy atom. The van der Waals surface area contributed by atoms with Gasteiger partial charge in [-0.3, -0.25) is 13.9 Å². The SMILES string of the molecule is CCNC(=O)[C@@H](Cc1ccccc1)N(Cc1ccccc1Cl)C(=O)CN(c1ccccc1OCC)S(=O)(=O)c1ccc(Cl)cc1. The fraction of sp³-hybridized carbons (Fsp3) is 0.235. The van der Waals surface area contributed by atoms with E-state index in [1.165, 1.54) is 29.2 Å². The second-order valence-electron chi connectivity index (χ2n) is 10.1. The van der Waals surface area contributed by atoms with Crippen LogP contribution in [0, 0.1) is 0 Å². The number of hydrogen-bond donors (Lipinski definition) is 1. The highest BCUT2D eigenvalue weighted by molar-refractivity contribution is 7.92. The molecular weight excluding hydrogens is 633 g/mol. The Bertz CT molecular complexity index is 1700. The molecule has 0 unspecified atom stereocenters. The fourth-order valence-corrected chi connectivity index (χ4v) is 6.59. The number of anilines is 1. The van der Waals surface area contributed by atoms with E-state index in [1.54, 1.807) is 62.4 Å². The number of ether oxygens (including phenoxy) is 1. The molecule has 0 aromatic heterocycles. The smallest absolute Gasteiger partial charge is 0.264 e. The van der Waals surface area contributed by atoms with E-state index in [0.29, 0.717) is 22.2 Å². The van der Waals surface area contributed by atoms with Crippen molar-refractivity contribution < 1.29 is 22.7 Å². The number of rotatable bonds is 14. The zero-order valence-electron chi connectivity index (χ0n) is 25.0. The van der Waals surface area contributed by atoms with Crippen molar-refractivity contribution >= 4 is 50.7 Å². The lowest BCUT2D eigenvalue weighted by atomic mass is 10.0.